The molecule has 0 saturated carbocycles. The summed E-state index contributed by atoms with van der Waals surface area (Å²) in [5.74, 6) is 0.433. The first-order valence-corrected chi connectivity index (χ1v) is 6.97. The minimum atomic E-state index is 0.433. The van der Waals surface area contributed by atoms with Crippen molar-refractivity contribution >= 4 is 0 Å². The van der Waals surface area contributed by atoms with Crippen molar-refractivity contribution < 1.29 is 5.11 Å². The monoisotopic (exact) mass is 246 g/mol. The minimum Gasteiger partial charge on any atom is -0.508 e. The van der Waals surface area contributed by atoms with E-state index in [9.17, 15) is 5.11 Å². The maximum absolute atomic E-state index is 9.93. The van der Waals surface area contributed by atoms with Crippen LogP contribution in [0.1, 0.15) is 30.4 Å². The first-order chi connectivity index (χ1) is 8.70. The van der Waals surface area contributed by atoms with Crippen molar-refractivity contribution in [3.8, 4) is 5.75 Å². The molecular weight excluding hydrogens is 224 g/mol. The Kier molecular flexibility index (Phi) is 3.27. The third-order valence-electron chi connectivity index (χ3n) is 4.24. The zero-order valence-corrected chi connectivity index (χ0v) is 11.0. The summed E-state index contributed by atoms with van der Waals surface area (Å²) in [6.45, 7) is 5.21. The van der Waals surface area contributed by atoms with Gasteiger partial charge in [-0.2, -0.15) is 0 Å². The minimum absolute atomic E-state index is 0.433. The molecule has 2 unspecified atom stereocenters. The van der Waals surface area contributed by atoms with Gasteiger partial charge in [0.05, 0.1) is 0 Å². The Labute approximate surface area is 109 Å². The second-order valence-electron chi connectivity index (χ2n) is 5.79. The predicted molar refractivity (Wildman–Crippen MR) is 72.7 cm³/mol. The molecule has 0 amide bonds. The summed E-state index contributed by atoms with van der Waals surface area (Å²) >= 11 is 0. The largest absolute Gasteiger partial charge is 0.508 e. The van der Waals surface area contributed by atoms with Crippen molar-refractivity contribution in [3.63, 3.8) is 0 Å². The standard InChI is InChI=1S/C15H22N2O/c1-11-2-5-15(18)12(8-11)9-17-7-6-13-3-4-14(10-17)16-13/h2,5,8,13-14,16,18H,3-4,6-7,9-10H2,1H3. The molecule has 0 radical (unpaired) electrons. The lowest BCUT2D eigenvalue weighted by molar-refractivity contribution is 0.248. The molecule has 2 aliphatic heterocycles. The number of benzene rings is 1. The van der Waals surface area contributed by atoms with Crippen molar-refractivity contribution in [1.82, 2.24) is 10.2 Å². The van der Waals surface area contributed by atoms with E-state index in [1.54, 1.807) is 0 Å². The van der Waals surface area contributed by atoms with Gasteiger partial charge in [-0.3, -0.25) is 4.90 Å². The van der Waals surface area contributed by atoms with Crippen molar-refractivity contribution in [2.75, 3.05) is 13.1 Å². The molecule has 2 aliphatic rings. The van der Waals surface area contributed by atoms with Crippen molar-refractivity contribution in [2.24, 2.45) is 0 Å². The Morgan fingerprint density at radius 2 is 2.11 bits per heavy atom. The Balaban J connectivity index is 1.70. The van der Waals surface area contributed by atoms with E-state index < -0.39 is 0 Å². The van der Waals surface area contributed by atoms with Gasteiger partial charge in [0, 0.05) is 37.3 Å². The summed E-state index contributed by atoms with van der Waals surface area (Å²) in [7, 11) is 0. The molecule has 2 bridgehead atoms. The first-order valence-electron chi connectivity index (χ1n) is 6.97. The summed E-state index contributed by atoms with van der Waals surface area (Å²) in [6.07, 6.45) is 3.89. The number of phenols is 1. The number of hydrogen-bond acceptors (Lipinski definition) is 3. The fourth-order valence-corrected chi connectivity index (χ4v) is 3.24. The maximum atomic E-state index is 9.93. The van der Waals surface area contributed by atoms with E-state index in [4.69, 9.17) is 0 Å². The number of hydrogen-bond donors (Lipinski definition) is 2. The molecule has 2 saturated heterocycles. The van der Waals surface area contributed by atoms with Gasteiger partial charge < -0.3 is 10.4 Å². The van der Waals surface area contributed by atoms with E-state index in [1.165, 1.54) is 24.8 Å². The fourth-order valence-electron chi connectivity index (χ4n) is 3.24. The first kappa shape index (κ1) is 12.0. The number of likely N-dealkylation sites (tertiary alicyclic amines) is 1. The van der Waals surface area contributed by atoms with Crippen LogP contribution in [0.3, 0.4) is 0 Å². The number of rotatable bonds is 2. The lowest BCUT2D eigenvalue weighted by Crippen LogP contribution is -2.34. The van der Waals surface area contributed by atoms with Gasteiger partial charge in [0.25, 0.3) is 0 Å². The molecule has 3 heteroatoms. The molecule has 3 nitrogen and oxygen atoms in total. The van der Waals surface area contributed by atoms with Gasteiger partial charge in [0.1, 0.15) is 5.75 Å². The van der Waals surface area contributed by atoms with Crippen LogP contribution in [0.25, 0.3) is 0 Å². The third kappa shape index (κ3) is 2.52. The van der Waals surface area contributed by atoms with Gasteiger partial charge in [-0.25, -0.2) is 0 Å². The van der Waals surface area contributed by atoms with Gasteiger partial charge in [-0.15, -0.1) is 0 Å². The number of phenolic OH excluding ortho intramolecular Hbond substituents is 1. The number of fused-ring (bicyclic) bond motifs is 2. The van der Waals surface area contributed by atoms with Gasteiger partial charge in [-0.05, 0) is 32.3 Å². The number of aromatic hydroxyl groups is 1. The third-order valence-corrected chi connectivity index (χ3v) is 4.24. The van der Waals surface area contributed by atoms with E-state index in [0.29, 0.717) is 11.8 Å². The molecule has 0 spiro atoms. The Bertz CT molecular complexity index is 433. The van der Waals surface area contributed by atoms with E-state index in [1.807, 2.05) is 12.1 Å². The Morgan fingerprint density at radius 3 is 3.00 bits per heavy atom. The molecule has 2 N–H and O–H groups in total. The van der Waals surface area contributed by atoms with Gasteiger partial charge in [-0.1, -0.05) is 17.7 Å². The molecule has 2 fully saturated rings. The summed E-state index contributed by atoms with van der Waals surface area (Å²) < 4.78 is 0. The van der Waals surface area contributed by atoms with E-state index >= 15 is 0 Å². The predicted octanol–water partition coefficient (Wildman–Crippen LogP) is 2.03. The van der Waals surface area contributed by atoms with E-state index in [2.05, 4.69) is 23.2 Å². The second kappa shape index (κ2) is 4.90. The molecule has 0 aliphatic carbocycles. The SMILES string of the molecule is Cc1ccc(O)c(CN2CCC3CCC(C2)N3)c1. The van der Waals surface area contributed by atoms with Gasteiger partial charge >= 0.3 is 0 Å². The van der Waals surface area contributed by atoms with Crippen LogP contribution in [0.15, 0.2) is 18.2 Å². The fraction of sp³-hybridized carbons (Fsp3) is 0.600. The normalized spacial score (nSPS) is 28.3. The van der Waals surface area contributed by atoms with Crippen LogP contribution in [0.5, 0.6) is 5.75 Å². The highest BCUT2D eigenvalue weighted by Crippen LogP contribution is 2.24. The van der Waals surface area contributed by atoms with Crippen molar-refractivity contribution in [2.45, 2.75) is 44.8 Å². The highest BCUT2D eigenvalue weighted by atomic mass is 16.3. The quantitative estimate of drug-likeness (QED) is 0.838. The molecular formula is C15H22N2O. The lowest BCUT2D eigenvalue weighted by Gasteiger charge is -2.24. The average Bonchev–Trinajstić information content (AvgIpc) is 2.67. The second-order valence-corrected chi connectivity index (χ2v) is 5.79. The molecule has 18 heavy (non-hydrogen) atoms. The van der Waals surface area contributed by atoms with Crippen molar-refractivity contribution in [3.05, 3.63) is 29.3 Å². The molecule has 98 valence electrons. The maximum Gasteiger partial charge on any atom is 0.120 e. The topological polar surface area (TPSA) is 35.5 Å². The number of aryl methyl sites for hydroxylation is 1. The van der Waals surface area contributed by atoms with Gasteiger partial charge in [0.15, 0.2) is 0 Å². The summed E-state index contributed by atoms with van der Waals surface area (Å²) in [4.78, 5) is 2.48. The summed E-state index contributed by atoms with van der Waals surface area (Å²) in [5.41, 5.74) is 2.28. The van der Waals surface area contributed by atoms with Crippen LogP contribution in [0.4, 0.5) is 0 Å². The van der Waals surface area contributed by atoms with Crippen LogP contribution in [-0.2, 0) is 6.54 Å². The molecule has 1 aromatic rings. The number of nitrogens with zero attached hydrogens (tertiary/aromatic N) is 1. The zero-order valence-electron chi connectivity index (χ0n) is 11.0. The molecule has 0 aromatic heterocycles. The lowest BCUT2D eigenvalue weighted by atomic mass is 10.1. The van der Waals surface area contributed by atoms with Crippen molar-refractivity contribution in [1.29, 1.82) is 0 Å². The van der Waals surface area contributed by atoms with Crippen LogP contribution < -0.4 is 5.32 Å². The van der Waals surface area contributed by atoms with Gasteiger partial charge in [0.2, 0.25) is 0 Å². The highest BCUT2D eigenvalue weighted by Gasteiger charge is 2.29. The van der Waals surface area contributed by atoms with E-state index in [0.717, 1.165) is 31.2 Å². The summed E-state index contributed by atoms with van der Waals surface area (Å²) in [5, 5.41) is 13.6. The van der Waals surface area contributed by atoms with E-state index in [-0.39, 0.29) is 0 Å². The van der Waals surface area contributed by atoms with Crippen LogP contribution in [-0.4, -0.2) is 35.2 Å². The summed E-state index contributed by atoms with van der Waals surface area (Å²) in [6, 6.07) is 7.26. The molecule has 1 aromatic carbocycles. The number of nitrogens with one attached hydrogen (secondary N) is 1. The smallest absolute Gasteiger partial charge is 0.120 e. The molecule has 3 rings (SSSR count). The van der Waals surface area contributed by atoms with Crippen LogP contribution in [0.2, 0.25) is 0 Å². The van der Waals surface area contributed by atoms with Crippen LogP contribution >= 0.6 is 0 Å². The zero-order chi connectivity index (χ0) is 12.5. The average molecular weight is 246 g/mol. The highest BCUT2D eigenvalue weighted by molar-refractivity contribution is 5.35. The Hall–Kier alpha value is -1.06. The van der Waals surface area contributed by atoms with Crippen LogP contribution in [0, 0.1) is 6.92 Å². The molecule has 2 atom stereocenters. The Morgan fingerprint density at radius 1 is 1.28 bits per heavy atom. The molecule has 2 heterocycles.